The minimum absolute atomic E-state index is 0.0530. The molecule has 0 radical (unpaired) electrons. The molecule has 108 valence electrons. The summed E-state index contributed by atoms with van der Waals surface area (Å²) in [6, 6.07) is 0. The standard InChI is InChI=1S/C11H23NO5S/c1-9(2)17-6-7-18(15,16)12(8-10(13)14)11(3,4)5/h9H,6-8H2,1-5H3,(H,13,14). The van der Waals surface area contributed by atoms with Crippen LogP contribution in [0.4, 0.5) is 0 Å². The number of hydrogen-bond acceptors (Lipinski definition) is 4. The molecule has 0 aliphatic heterocycles. The highest BCUT2D eigenvalue weighted by Gasteiger charge is 2.34. The van der Waals surface area contributed by atoms with Gasteiger partial charge in [0.25, 0.3) is 0 Å². The fourth-order valence-corrected chi connectivity index (χ4v) is 3.04. The summed E-state index contributed by atoms with van der Waals surface area (Å²) in [5.41, 5.74) is -0.769. The Morgan fingerprint density at radius 2 is 1.83 bits per heavy atom. The first kappa shape index (κ1) is 17.3. The van der Waals surface area contributed by atoms with Crippen LogP contribution in [0.25, 0.3) is 0 Å². The summed E-state index contributed by atoms with van der Waals surface area (Å²) in [4.78, 5) is 10.7. The molecular weight excluding hydrogens is 258 g/mol. The molecule has 1 N–H and O–H groups in total. The Kier molecular flexibility index (Phi) is 6.25. The van der Waals surface area contributed by atoms with Crippen LogP contribution >= 0.6 is 0 Å². The van der Waals surface area contributed by atoms with Crippen LogP contribution in [0.15, 0.2) is 0 Å². The molecule has 0 aliphatic carbocycles. The Bertz CT molecular complexity index is 369. The normalized spacial score (nSPS) is 13.3. The summed E-state index contributed by atoms with van der Waals surface area (Å²) in [6.07, 6.45) is -0.0530. The van der Waals surface area contributed by atoms with Crippen molar-refractivity contribution < 1.29 is 23.1 Å². The van der Waals surface area contributed by atoms with Gasteiger partial charge in [-0.15, -0.1) is 0 Å². The van der Waals surface area contributed by atoms with Crippen molar-refractivity contribution in [3.63, 3.8) is 0 Å². The van der Waals surface area contributed by atoms with Gasteiger partial charge in [0.2, 0.25) is 10.0 Å². The van der Waals surface area contributed by atoms with Gasteiger partial charge in [-0.1, -0.05) is 0 Å². The number of ether oxygens (including phenoxy) is 1. The summed E-state index contributed by atoms with van der Waals surface area (Å²) in [5.74, 6) is -1.38. The first-order valence-electron chi connectivity index (χ1n) is 5.80. The quantitative estimate of drug-likeness (QED) is 0.750. The van der Waals surface area contributed by atoms with Crippen molar-refractivity contribution in [2.45, 2.75) is 46.3 Å². The fraction of sp³-hybridized carbons (Fsp3) is 0.909. The van der Waals surface area contributed by atoms with Crippen molar-refractivity contribution in [1.29, 1.82) is 0 Å². The van der Waals surface area contributed by atoms with Crippen molar-refractivity contribution in [2.24, 2.45) is 0 Å². The molecule has 0 aliphatic rings. The Morgan fingerprint density at radius 3 is 2.17 bits per heavy atom. The van der Waals surface area contributed by atoms with Crippen molar-refractivity contribution >= 4 is 16.0 Å². The third-order valence-electron chi connectivity index (χ3n) is 2.16. The molecule has 0 aromatic rings. The van der Waals surface area contributed by atoms with Crippen molar-refractivity contribution in [2.75, 3.05) is 18.9 Å². The maximum Gasteiger partial charge on any atom is 0.318 e. The number of carboxylic acid groups (broad SMARTS) is 1. The highest BCUT2D eigenvalue weighted by Crippen LogP contribution is 2.18. The summed E-state index contributed by atoms with van der Waals surface area (Å²) in [7, 11) is -3.64. The third kappa shape index (κ3) is 6.32. The van der Waals surface area contributed by atoms with Crippen LogP contribution in [-0.4, -0.2) is 54.3 Å². The van der Waals surface area contributed by atoms with Gasteiger partial charge in [-0.25, -0.2) is 8.42 Å². The first-order chi connectivity index (χ1) is 7.97. The van der Waals surface area contributed by atoms with Gasteiger partial charge in [0.15, 0.2) is 0 Å². The molecule has 0 saturated heterocycles. The molecule has 0 unspecified atom stereocenters. The lowest BCUT2D eigenvalue weighted by Gasteiger charge is -2.33. The lowest BCUT2D eigenvalue weighted by molar-refractivity contribution is -0.138. The summed E-state index contributed by atoms with van der Waals surface area (Å²) in [6.45, 7) is 8.14. The van der Waals surface area contributed by atoms with E-state index < -0.39 is 28.1 Å². The van der Waals surface area contributed by atoms with Gasteiger partial charge in [-0.3, -0.25) is 4.79 Å². The topological polar surface area (TPSA) is 83.9 Å². The lowest BCUT2D eigenvalue weighted by atomic mass is 10.1. The second-order valence-electron chi connectivity index (χ2n) is 5.31. The molecule has 0 rings (SSSR count). The van der Waals surface area contributed by atoms with Crippen molar-refractivity contribution in [3.8, 4) is 0 Å². The van der Waals surface area contributed by atoms with E-state index in [1.165, 1.54) is 0 Å². The molecule has 18 heavy (non-hydrogen) atoms. The fourth-order valence-electron chi connectivity index (χ4n) is 1.37. The van der Waals surface area contributed by atoms with Crippen molar-refractivity contribution in [1.82, 2.24) is 4.31 Å². The molecule has 0 fully saturated rings. The van der Waals surface area contributed by atoms with Crippen LogP contribution in [0.5, 0.6) is 0 Å². The van der Waals surface area contributed by atoms with E-state index in [9.17, 15) is 13.2 Å². The molecular formula is C11H23NO5S. The molecule has 0 saturated carbocycles. The smallest absolute Gasteiger partial charge is 0.318 e. The summed E-state index contributed by atoms with van der Waals surface area (Å²) in [5, 5.41) is 8.79. The molecule has 6 nitrogen and oxygen atoms in total. The third-order valence-corrected chi connectivity index (χ3v) is 4.19. The molecule has 0 bridgehead atoms. The molecule has 0 heterocycles. The maximum atomic E-state index is 12.1. The van der Waals surface area contributed by atoms with E-state index in [1.807, 2.05) is 13.8 Å². The molecule has 0 spiro atoms. The number of sulfonamides is 1. The van der Waals surface area contributed by atoms with Gasteiger partial charge in [-0.2, -0.15) is 4.31 Å². The van der Waals surface area contributed by atoms with Gasteiger partial charge >= 0.3 is 5.97 Å². The predicted octanol–water partition coefficient (Wildman–Crippen LogP) is 0.926. The number of rotatable bonds is 7. The zero-order valence-corrected chi connectivity index (χ0v) is 12.5. The van der Waals surface area contributed by atoms with E-state index in [4.69, 9.17) is 9.84 Å². The van der Waals surface area contributed by atoms with E-state index in [2.05, 4.69) is 0 Å². The lowest BCUT2D eigenvalue weighted by Crippen LogP contribution is -2.49. The Morgan fingerprint density at radius 1 is 1.33 bits per heavy atom. The highest BCUT2D eigenvalue weighted by molar-refractivity contribution is 7.89. The van der Waals surface area contributed by atoms with Crippen LogP contribution in [0.1, 0.15) is 34.6 Å². The maximum absolute atomic E-state index is 12.1. The van der Waals surface area contributed by atoms with E-state index in [0.717, 1.165) is 4.31 Å². The minimum atomic E-state index is -3.64. The molecule has 0 atom stereocenters. The van der Waals surface area contributed by atoms with E-state index in [0.29, 0.717) is 0 Å². The highest BCUT2D eigenvalue weighted by atomic mass is 32.2. The average Bonchev–Trinajstić information content (AvgIpc) is 2.10. The van der Waals surface area contributed by atoms with Gasteiger partial charge < -0.3 is 9.84 Å². The Balaban J connectivity index is 4.82. The van der Waals surface area contributed by atoms with Crippen LogP contribution in [0, 0.1) is 0 Å². The van der Waals surface area contributed by atoms with Crippen molar-refractivity contribution in [3.05, 3.63) is 0 Å². The predicted molar refractivity (Wildman–Crippen MR) is 69.0 cm³/mol. The van der Waals surface area contributed by atoms with E-state index in [-0.39, 0.29) is 18.5 Å². The number of hydrogen-bond donors (Lipinski definition) is 1. The molecule has 0 amide bonds. The minimum Gasteiger partial charge on any atom is -0.480 e. The SMILES string of the molecule is CC(C)OCCS(=O)(=O)N(CC(=O)O)C(C)(C)C. The summed E-state index contributed by atoms with van der Waals surface area (Å²) >= 11 is 0. The average molecular weight is 281 g/mol. The number of nitrogens with zero attached hydrogens (tertiary/aromatic N) is 1. The number of carboxylic acids is 1. The van der Waals surface area contributed by atoms with Crippen LogP contribution in [-0.2, 0) is 19.6 Å². The van der Waals surface area contributed by atoms with Gasteiger partial charge in [-0.05, 0) is 34.6 Å². The van der Waals surface area contributed by atoms with Crippen LogP contribution in [0.2, 0.25) is 0 Å². The second-order valence-corrected chi connectivity index (χ2v) is 7.32. The first-order valence-corrected chi connectivity index (χ1v) is 7.41. The van der Waals surface area contributed by atoms with E-state index in [1.54, 1.807) is 20.8 Å². The van der Waals surface area contributed by atoms with Crippen LogP contribution in [0.3, 0.4) is 0 Å². The molecule has 0 aromatic heterocycles. The molecule has 0 aromatic carbocycles. The van der Waals surface area contributed by atoms with Gasteiger partial charge in [0.05, 0.1) is 18.5 Å². The number of aliphatic carboxylic acids is 1. The monoisotopic (exact) mass is 281 g/mol. The zero-order chi connectivity index (χ0) is 14.6. The van der Waals surface area contributed by atoms with Crippen LogP contribution < -0.4 is 0 Å². The van der Waals surface area contributed by atoms with Gasteiger partial charge in [0, 0.05) is 5.54 Å². The Hall–Kier alpha value is -0.660. The molecule has 7 heteroatoms. The summed E-state index contributed by atoms with van der Waals surface area (Å²) < 4.78 is 30.3. The van der Waals surface area contributed by atoms with E-state index >= 15 is 0 Å². The zero-order valence-electron chi connectivity index (χ0n) is 11.6. The Labute approximate surface area is 109 Å². The second kappa shape index (κ2) is 6.49. The van der Waals surface area contributed by atoms with Gasteiger partial charge in [0.1, 0.15) is 6.54 Å². The number of carbonyl (C=O) groups is 1. The largest absolute Gasteiger partial charge is 0.480 e.